The number of aliphatic carboxylic acids is 1. The summed E-state index contributed by atoms with van der Waals surface area (Å²) in [6.07, 6.45) is 0.591. The lowest BCUT2D eigenvalue weighted by Crippen LogP contribution is -2.44. The molecule has 0 amide bonds. The summed E-state index contributed by atoms with van der Waals surface area (Å²) in [6, 6.07) is -0.448. The molecular weight excluding hydrogens is 222 g/mol. The van der Waals surface area contributed by atoms with Crippen molar-refractivity contribution in [2.24, 2.45) is 0 Å². The molecule has 1 N–H and O–H groups in total. The Balaban J connectivity index is 4.20. The lowest BCUT2D eigenvalue weighted by molar-refractivity contribution is -0.144. The summed E-state index contributed by atoms with van der Waals surface area (Å²) < 4.78 is 10.5. The normalized spacial score (nSPS) is 12.9. The SMILES string of the molecule is CCOCCN(CCOCC)C(CC)C(=O)O. The van der Waals surface area contributed by atoms with Crippen molar-refractivity contribution in [1.29, 1.82) is 0 Å². The third-order valence-electron chi connectivity index (χ3n) is 2.57. The minimum absolute atomic E-state index is 0.448. The van der Waals surface area contributed by atoms with Gasteiger partial charge in [0.25, 0.3) is 0 Å². The molecule has 0 saturated carbocycles. The van der Waals surface area contributed by atoms with Crippen LogP contribution in [0.3, 0.4) is 0 Å². The van der Waals surface area contributed by atoms with Crippen LogP contribution in [0.1, 0.15) is 27.2 Å². The van der Waals surface area contributed by atoms with Gasteiger partial charge in [-0.3, -0.25) is 9.69 Å². The average Bonchev–Trinajstić information content (AvgIpc) is 2.29. The molecule has 5 nitrogen and oxygen atoms in total. The van der Waals surface area contributed by atoms with E-state index in [0.29, 0.717) is 45.9 Å². The van der Waals surface area contributed by atoms with Gasteiger partial charge in [0.05, 0.1) is 13.2 Å². The molecule has 0 aromatic heterocycles. The van der Waals surface area contributed by atoms with Crippen molar-refractivity contribution >= 4 is 5.97 Å². The number of hydrogen-bond acceptors (Lipinski definition) is 4. The van der Waals surface area contributed by atoms with E-state index in [1.807, 2.05) is 25.7 Å². The highest BCUT2D eigenvalue weighted by Gasteiger charge is 2.22. The number of carbonyl (C=O) groups is 1. The highest BCUT2D eigenvalue weighted by atomic mass is 16.5. The Morgan fingerprint density at radius 1 is 1.12 bits per heavy atom. The molecule has 0 aromatic rings. The van der Waals surface area contributed by atoms with E-state index in [1.165, 1.54) is 0 Å². The summed E-state index contributed by atoms with van der Waals surface area (Å²) in [5.41, 5.74) is 0. The Morgan fingerprint density at radius 2 is 1.59 bits per heavy atom. The molecule has 5 heteroatoms. The Hall–Kier alpha value is -0.650. The van der Waals surface area contributed by atoms with Crippen molar-refractivity contribution in [3.8, 4) is 0 Å². The second-order valence-electron chi connectivity index (χ2n) is 3.69. The van der Waals surface area contributed by atoms with Gasteiger partial charge in [0.1, 0.15) is 6.04 Å². The van der Waals surface area contributed by atoms with Crippen molar-refractivity contribution in [3.05, 3.63) is 0 Å². The minimum atomic E-state index is -0.777. The van der Waals surface area contributed by atoms with Crippen molar-refractivity contribution in [1.82, 2.24) is 4.90 Å². The second-order valence-corrected chi connectivity index (χ2v) is 3.69. The van der Waals surface area contributed by atoms with E-state index in [4.69, 9.17) is 14.6 Å². The second kappa shape index (κ2) is 10.5. The van der Waals surface area contributed by atoms with Crippen LogP contribution < -0.4 is 0 Å². The Labute approximate surface area is 104 Å². The van der Waals surface area contributed by atoms with E-state index < -0.39 is 12.0 Å². The molecule has 0 heterocycles. The maximum atomic E-state index is 11.1. The predicted molar refractivity (Wildman–Crippen MR) is 66.3 cm³/mol. The first-order valence-corrected chi connectivity index (χ1v) is 6.29. The largest absolute Gasteiger partial charge is 0.480 e. The van der Waals surface area contributed by atoms with Crippen molar-refractivity contribution in [2.45, 2.75) is 33.2 Å². The van der Waals surface area contributed by atoms with E-state index in [2.05, 4.69) is 0 Å². The quantitative estimate of drug-likeness (QED) is 0.556. The van der Waals surface area contributed by atoms with Gasteiger partial charge in [-0.05, 0) is 20.3 Å². The first kappa shape index (κ1) is 16.4. The zero-order valence-corrected chi connectivity index (χ0v) is 11.1. The molecule has 0 aliphatic rings. The van der Waals surface area contributed by atoms with Crippen molar-refractivity contribution < 1.29 is 19.4 Å². The van der Waals surface area contributed by atoms with Crippen molar-refractivity contribution in [3.63, 3.8) is 0 Å². The summed E-state index contributed by atoms with van der Waals surface area (Å²) in [5.74, 6) is -0.777. The molecule has 0 spiro atoms. The fraction of sp³-hybridized carbons (Fsp3) is 0.917. The number of hydrogen-bond donors (Lipinski definition) is 1. The molecule has 0 aliphatic heterocycles. The topological polar surface area (TPSA) is 59.0 Å². The zero-order valence-electron chi connectivity index (χ0n) is 11.1. The highest BCUT2D eigenvalue weighted by Crippen LogP contribution is 2.04. The summed E-state index contributed by atoms with van der Waals surface area (Å²) in [5, 5.41) is 9.13. The summed E-state index contributed by atoms with van der Waals surface area (Å²) >= 11 is 0. The first-order valence-electron chi connectivity index (χ1n) is 6.29. The van der Waals surface area contributed by atoms with E-state index in [1.54, 1.807) is 0 Å². The third-order valence-corrected chi connectivity index (χ3v) is 2.57. The van der Waals surface area contributed by atoms with Gasteiger partial charge in [-0.2, -0.15) is 0 Å². The van der Waals surface area contributed by atoms with Crippen LogP contribution in [-0.2, 0) is 14.3 Å². The van der Waals surface area contributed by atoms with Gasteiger partial charge >= 0.3 is 5.97 Å². The molecule has 0 radical (unpaired) electrons. The van der Waals surface area contributed by atoms with Crippen LogP contribution in [0.25, 0.3) is 0 Å². The van der Waals surface area contributed by atoms with Gasteiger partial charge < -0.3 is 14.6 Å². The van der Waals surface area contributed by atoms with Crippen LogP contribution >= 0.6 is 0 Å². The molecule has 102 valence electrons. The predicted octanol–water partition coefficient (Wildman–Crippen LogP) is 1.22. The summed E-state index contributed by atoms with van der Waals surface area (Å²) in [4.78, 5) is 13.0. The molecule has 0 bridgehead atoms. The third kappa shape index (κ3) is 7.31. The molecule has 0 aliphatic carbocycles. The van der Waals surface area contributed by atoms with Crippen LogP contribution in [0.5, 0.6) is 0 Å². The Morgan fingerprint density at radius 3 is 1.88 bits per heavy atom. The summed E-state index contributed by atoms with van der Waals surface area (Å²) in [7, 11) is 0. The molecule has 0 rings (SSSR count). The molecule has 1 atom stereocenters. The maximum Gasteiger partial charge on any atom is 0.320 e. The lowest BCUT2D eigenvalue weighted by Gasteiger charge is -2.27. The number of rotatable bonds is 11. The van der Waals surface area contributed by atoms with E-state index in [0.717, 1.165) is 0 Å². The molecule has 0 fully saturated rings. The van der Waals surface area contributed by atoms with Gasteiger partial charge in [0.2, 0.25) is 0 Å². The fourth-order valence-electron chi connectivity index (χ4n) is 1.66. The molecule has 17 heavy (non-hydrogen) atoms. The number of carboxylic acids is 1. The van der Waals surface area contributed by atoms with Crippen molar-refractivity contribution in [2.75, 3.05) is 39.5 Å². The van der Waals surface area contributed by atoms with Crippen LogP contribution in [-0.4, -0.2) is 61.5 Å². The maximum absolute atomic E-state index is 11.1. The smallest absolute Gasteiger partial charge is 0.320 e. The first-order chi connectivity index (χ1) is 8.17. The number of ether oxygens (including phenoxy) is 2. The minimum Gasteiger partial charge on any atom is -0.480 e. The number of nitrogens with zero attached hydrogens (tertiary/aromatic N) is 1. The molecule has 0 saturated heterocycles. The van der Waals surface area contributed by atoms with Gasteiger partial charge in [0.15, 0.2) is 0 Å². The monoisotopic (exact) mass is 247 g/mol. The molecule has 1 unspecified atom stereocenters. The highest BCUT2D eigenvalue weighted by molar-refractivity contribution is 5.73. The van der Waals surface area contributed by atoms with E-state index in [-0.39, 0.29) is 0 Å². The van der Waals surface area contributed by atoms with E-state index in [9.17, 15) is 4.79 Å². The fourth-order valence-corrected chi connectivity index (χ4v) is 1.66. The Bertz CT molecular complexity index is 189. The van der Waals surface area contributed by atoms with Crippen LogP contribution in [0.4, 0.5) is 0 Å². The van der Waals surface area contributed by atoms with Crippen LogP contribution in [0.15, 0.2) is 0 Å². The van der Waals surface area contributed by atoms with Crippen LogP contribution in [0.2, 0.25) is 0 Å². The Kier molecular flexibility index (Phi) is 10.1. The lowest BCUT2D eigenvalue weighted by atomic mass is 10.2. The van der Waals surface area contributed by atoms with Gasteiger partial charge in [-0.25, -0.2) is 0 Å². The average molecular weight is 247 g/mol. The van der Waals surface area contributed by atoms with Gasteiger partial charge in [0, 0.05) is 26.3 Å². The van der Waals surface area contributed by atoms with Gasteiger partial charge in [-0.1, -0.05) is 6.92 Å². The molecular formula is C12H25NO4. The molecule has 0 aromatic carbocycles. The summed E-state index contributed by atoms with van der Waals surface area (Å²) in [6.45, 7) is 9.44. The standard InChI is InChI=1S/C12H25NO4/c1-4-11(12(14)15)13(7-9-16-5-2)8-10-17-6-3/h11H,4-10H2,1-3H3,(H,14,15). The van der Waals surface area contributed by atoms with E-state index >= 15 is 0 Å². The zero-order chi connectivity index (χ0) is 13.1. The number of carboxylic acid groups (broad SMARTS) is 1. The van der Waals surface area contributed by atoms with Gasteiger partial charge in [-0.15, -0.1) is 0 Å². The van der Waals surface area contributed by atoms with Crippen LogP contribution in [0, 0.1) is 0 Å².